The van der Waals surface area contributed by atoms with Gasteiger partial charge in [0.2, 0.25) is 0 Å². The van der Waals surface area contributed by atoms with Crippen LogP contribution in [0.5, 0.6) is 0 Å². The van der Waals surface area contributed by atoms with Gasteiger partial charge in [0.1, 0.15) is 0 Å². The summed E-state index contributed by atoms with van der Waals surface area (Å²) in [6.07, 6.45) is 10.6. The van der Waals surface area contributed by atoms with Crippen molar-refractivity contribution < 1.29 is 5.11 Å². The lowest BCUT2D eigenvalue weighted by molar-refractivity contribution is 0.0373. The summed E-state index contributed by atoms with van der Waals surface area (Å²) in [6, 6.07) is 0. The zero-order valence-corrected chi connectivity index (χ0v) is 11.1. The molecule has 1 fully saturated rings. The highest BCUT2D eigenvalue weighted by Gasteiger charge is 2.49. The molecule has 0 aromatic heterocycles. The number of hydrogen-bond donors (Lipinski definition) is 1. The normalized spacial score (nSPS) is 39.2. The molecule has 0 bridgehead atoms. The molecule has 1 N–H and O–H groups in total. The molecule has 0 radical (unpaired) electrons. The van der Waals surface area contributed by atoms with Crippen molar-refractivity contribution in [3.8, 4) is 0 Å². The Morgan fingerprint density at radius 2 is 2.00 bits per heavy atom. The van der Waals surface area contributed by atoms with Gasteiger partial charge in [-0.15, -0.1) is 0 Å². The number of rotatable bonds is 1. The second-order valence-electron chi connectivity index (χ2n) is 6.70. The van der Waals surface area contributed by atoms with Crippen molar-refractivity contribution in [2.24, 2.45) is 11.3 Å². The largest absolute Gasteiger partial charge is 0.385 e. The van der Waals surface area contributed by atoms with Gasteiger partial charge in [0.05, 0.1) is 5.60 Å². The fraction of sp³-hybridized carbons (Fsp3) is 0.867. The van der Waals surface area contributed by atoms with Crippen molar-refractivity contribution in [1.82, 2.24) is 0 Å². The molecule has 2 aliphatic carbocycles. The van der Waals surface area contributed by atoms with Crippen LogP contribution in [0.4, 0.5) is 0 Å². The topological polar surface area (TPSA) is 20.2 Å². The summed E-state index contributed by atoms with van der Waals surface area (Å²) >= 11 is 0. The number of hydrogen-bond acceptors (Lipinski definition) is 1. The number of aliphatic hydroxyl groups is 1. The molecule has 2 rings (SSSR count). The van der Waals surface area contributed by atoms with Crippen LogP contribution in [0.15, 0.2) is 11.6 Å². The summed E-state index contributed by atoms with van der Waals surface area (Å²) in [5, 5.41) is 11.0. The van der Waals surface area contributed by atoms with Crippen LogP contribution in [-0.4, -0.2) is 10.7 Å². The second-order valence-corrected chi connectivity index (χ2v) is 6.70. The van der Waals surface area contributed by atoms with Crippen molar-refractivity contribution in [2.75, 3.05) is 0 Å². The summed E-state index contributed by atoms with van der Waals surface area (Å²) in [6.45, 7) is 6.80. The molecular formula is C15H26O. The zero-order chi connectivity index (χ0) is 11.8. The Hall–Kier alpha value is -0.300. The highest BCUT2D eigenvalue weighted by Crippen LogP contribution is 2.51. The highest BCUT2D eigenvalue weighted by atomic mass is 16.3. The van der Waals surface area contributed by atoms with E-state index in [9.17, 15) is 5.11 Å². The SMILES string of the molecule is CC1CC(C)(C)CC1(O)C1=CCCCCC1. The molecule has 16 heavy (non-hydrogen) atoms. The fourth-order valence-electron chi connectivity index (χ4n) is 3.81. The van der Waals surface area contributed by atoms with E-state index in [0.29, 0.717) is 11.3 Å². The van der Waals surface area contributed by atoms with E-state index >= 15 is 0 Å². The van der Waals surface area contributed by atoms with E-state index in [4.69, 9.17) is 0 Å². The molecular weight excluding hydrogens is 196 g/mol. The third-order valence-electron chi connectivity index (χ3n) is 4.52. The standard InChI is InChI=1S/C15H26O/c1-12-10-14(2,3)11-15(12,16)13-8-6-4-5-7-9-13/h8,12,16H,4-7,9-11H2,1-3H3. The molecule has 92 valence electrons. The van der Waals surface area contributed by atoms with E-state index in [1.165, 1.54) is 31.3 Å². The van der Waals surface area contributed by atoms with Gasteiger partial charge < -0.3 is 5.11 Å². The second kappa shape index (κ2) is 4.18. The molecule has 0 saturated heterocycles. The van der Waals surface area contributed by atoms with Gasteiger partial charge in [-0.2, -0.15) is 0 Å². The Kier molecular flexibility index (Phi) is 3.18. The van der Waals surface area contributed by atoms with E-state index in [2.05, 4.69) is 26.8 Å². The molecule has 0 amide bonds. The van der Waals surface area contributed by atoms with Crippen molar-refractivity contribution >= 4 is 0 Å². The maximum atomic E-state index is 11.0. The van der Waals surface area contributed by atoms with Crippen LogP contribution < -0.4 is 0 Å². The molecule has 0 heterocycles. The van der Waals surface area contributed by atoms with Crippen LogP contribution in [0, 0.1) is 11.3 Å². The smallest absolute Gasteiger partial charge is 0.0887 e. The average molecular weight is 222 g/mol. The van der Waals surface area contributed by atoms with Crippen LogP contribution in [-0.2, 0) is 0 Å². The first-order chi connectivity index (χ1) is 7.44. The lowest BCUT2D eigenvalue weighted by atomic mass is 9.81. The van der Waals surface area contributed by atoms with Gasteiger partial charge in [0.15, 0.2) is 0 Å². The Bertz CT molecular complexity index is 290. The monoisotopic (exact) mass is 222 g/mol. The molecule has 2 unspecified atom stereocenters. The first-order valence-electron chi connectivity index (χ1n) is 6.86. The summed E-state index contributed by atoms with van der Waals surface area (Å²) in [4.78, 5) is 0. The van der Waals surface area contributed by atoms with Gasteiger partial charge in [-0.1, -0.05) is 33.3 Å². The summed E-state index contributed by atoms with van der Waals surface area (Å²) in [7, 11) is 0. The van der Waals surface area contributed by atoms with E-state index in [1.807, 2.05) is 0 Å². The van der Waals surface area contributed by atoms with Gasteiger partial charge in [-0.05, 0) is 55.4 Å². The van der Waals surface area contributed by atoms with Crippen molar-refractivity contribution in [3.63, 3.8) is 0 Å². The third-order valence-corrected chi connectivity index (χ3v) is 4.52. The minimum atomic E-state index is -0.492. The van der Waals surface area contributed by atoms with E-state index in [-0.39, 0.29) is 0 Å². The van der Waals surface area contributed by atoms with E-state index < -0.39 is 5.60 Å². The Morgan fingerprint density at radius 1 is 1.25 bits per heavy atom. The van der Waals surface area contributed by atoms with Crippen LogP contribution in [0.3, 0.4) is 0 Å². The van der Waals surface area contributed by atoms with Crippen LogP contribution in [0.2, 0.25) is 0 Å². The lowest BCUT2D eigenvalue weighted by Gasteiger charge is -2.31. The maximum Gasteiger partial charge on any atom is 0.0887 e. The van der Waals surface area contributed by atoms with Crippen LogP contribution in [0.1, 0.15) is 65.7 Å². The molecule has 2 aliphatic rings. The first kappa shape index (κ1) is 12.2. The molecule has 0 aromatic carbocycles. The van der Waals surface area contributed by atoms with Crippen molar-refractivity contribution in [2.45, 2.75) is 71.3 Å². The lowest BCUT2D eigenvalue weighted by Crippen LogP contribution is -2.34. The molecule has 1 saturated carbocycles. The quantitative estimate of drug-likeness (QED) is 0.663. The molecule has 2 atom stereocenters. The van der Waals surface area contributed by atoms with E-state index in [0.717, 1.165) is 19.3 Å². The molecule has 0 spiro atoms. The maximum absolute atomic E-state index is 11.0. The Morgan fingerprint density at radius 3 is 2.62 bits per heavy atom. The fourth-order valence-corrected chi connectivity index (χ4v) is 3.81. The Balaban J connectivity index is 2.21. The van der Waals surface area contributed by atoms with E-state index in [1.54, 1.807) is 0 Å². The predicted octanol–water partition coefficient (Wildman–Crippen LogP) is 4.06. The minimum Gasteiger partial charge on any atom is -0.385 e. The van der Waals surface area contributed by atoms with Gasteiger partial charge in [-0.3, -0.25) is 0 Å². The minimum absolute atomic E-state index is 0.307. The van der Waals surface area contributed by atoms with Gasteiger partial charge in [0, 0.05) is 0 Å². The first-order valence-corrected chi connectivity index (χ1v) is 6.86. The zero-order valence-electron chi connectivity index (χ0n) is 11.1. The summed E-state index contributed by atoms with van der Waals surface area (Å²) in [5.41, 5.74) is 1.16. The van der Waals surface area contributed by atoms with Gasteiger partial charge in [0.25, 0.3) is 0 Å². The third kappa shape index (κ3) is 2.20. The predicted molar refractivity (Wildman–Crippen MR) is 68.3 cm³/mol. The molecule has 0 aromatic rings. The van der Waals surface area contributed by atoms with Crippen molar-refractivity contribution in [1.29, 1.82) is 0 Å². The average Bonchev–Trinajstić information content (AvgIpc) is 2.42. The van der Waals surface area contributed by atoms with Crippen molar-refractivity contribution in [3.05, 3.63) is 11.6 Å². The van der Waals surface area contributed by atoms with Gasteiger partial charge >= 0.3 is 0 Å². The highest BCUT2D eigenvalue weighted by molar-refractivity contribution is 5.23. The van der Waals surface area contributed by atoms with Crippen LogP contribution in [0.25, 0.3) is 0 Å². The summed E-state index contributed by atoms with van der Waals surface area (Å²) in [5.74, 6) is 0.423. The molecule has 0 aliphatic heterocycles. The van der Waals surface area contributed by atoms with Gasteiger partial charge in [-0.25, -0.2) is 0 Å². The molecule has 1 heteroatoms. The summed E-state index contributed by atoms with van der Waals surface area (Å²) < 4.78 is 0. The van der Waals surface area contributed by atoms with Crippen LogP contribution >= 0.6 is 0 Å². The molecule has 1 nitrogen and oxygen atoms in total. The number of allylic oxidation sites excluding steroid dienone is 1. The Labute approximate surface area is 99.9 Å².